The predicted octanol–water partition coefficient (Wildman–Crippen LogP) is 4.28. The number of hydrazone groups is 1. The second kappa shape index (κ2) is 9.03. The summed E-state index contributed by atoms with van der Waals surface area (Å²) in [6.45, 7) is 2.98. The van der Waals surface area contributed by atoms with E-state index in [1.807, 2.05) is 71.4 Å². The Labute approximate surface area is 200 Å². The van der Waals surface area contributed by atoms with Crippen molar-refractivity contribution in [1.82, 2.24) is 4.90 Å². The zero-order chi connectivity index (χ0) is 22.9. The van der Waals surface area contributed by atoms with E-state index in [0.717, 1.165) is 39.1 Å². The summed E-state index contributed by atoms with van der Waals surface area (Å²) < 4.78 is 12.6. The number of nitrogens with zero attached hydrogens (tertiary/aromatic N) is 3. The van der Waals surface area contributed by atoms with Gasteiger partial charge >= 0.3 is 0 Å². The molecule has 2 aromatic carbocycles. The summed E-state index contributed by atoms with van der Waals surface area (Å²) in [5, 5.41) is 6.88. The summed E-state index contributed by atoms with van der Waals surface area (Å²) in [5.41, 5.74) is 10.4. The van der Waals surface area contributed by atoms with E-state index in [4.69, 9.17) is 20.0 Å². The summed E-state index contributed by atoms with van der Waals surface area (Å²) in [6, 6.07) is 17.7. The maximum absolute atomic E-state index is 13.0. The van der Waals surface area contributed by atoms with Crippen LogP contribution in [0.2, 0.25) is 0 Å². The predicted molar refractivity (Wildman–Crippen MR) is 131 cm³/mol. The lowest BCUT2D eigenvalue weighted by atomic mass is 9.96. The number of halogens is 1. The molecule has 2 aliphatic rings. The molecule has 3 atom stereocenters. The molecule has 3 heterocycles. The molecule has 2 N–H and O–H groups in total. The van der Waals surface area contributed by atoms with Crippen molar-refractivity contribution in [3.63, 3.8) is 0 Å². The lowest BCUT2D eigenvalue weighted by Gasteiger charge is -2.28. The Kier molecular flexibility index (Phi) is 5.95. The van der Waals surface area contributed by atoms with E-state index in [-0.39, 0.29) is 11.8 Å². The number of nitrogen functional groups attached to an aromatic ring is 1. The van der Waals surface area contributed by atoms with Gasteiger partial charge in [0.1, 0.15) is 12.3 Å². The van der Waals surface area contributed by atoms with Crippen LogP contribution in [0.4, 0.5) is 11.4 Å². The number of nitrogens with two attached hydrogens (primary N) is 1. The molecule has 3 aromatic rings. The minimum atomic E-state index is -0.492. The van der Waals surface area contributed by atoms with Crippen molar-refractivity contribution in [1.29, 1.82) is 0 Å². The summed E-state index contributed by atoms with van der Waals surface area (Å²) >= 11 is 3.49. The quantitative estimate of drug-likeness (QED) is 0.502. The van der Waals surface area contributed by atoms with Gasteiger partial charge in [-0.1, -0.05) is 28.1 Å². The van der Waals surface area contributed by atoms with Crippen LogP contribution in [-0.2, 0) is 16.0 Å². The average Bonchev–Trinajstić information content (AvgIpc) is 3.54. The molecule has 2 aliphatic heterocycles. The third-order valence-corrected chi connectivity index (χ3v) is 6.67. The van der Waals surface area contributed by atoms with Gasteiger partial charge in [0, 0.05) is 22.3 Å². The van der Waals surface area contributed by atoms with Crippen LogP contribution in [0.25, 0.3) is 0 Å². The standard InChI is InChI=1S/C25H25BrN4O3/c1-16-24(31)29(12-10-17-2-6-20(27)7-3-17)25(33-16)22-14-30(21-8-4-19(26)5-9-21)28-23(22)18-11-13-32-15-18/h2-9,11,13,15-16,22,25H,10,12,14,27H2,1H3/t16-,22?,25-/m1/s1. The second-order valence-electron chi connectivity index (χ2n) is 8.35. The fourth-order valence-corrected chi connectivity index (χ4v) is 4.65. The lowest BCUT2D eigenvalue weighted by molar-refractivity contribution is -0.130. The Bertz CT molecular complexity index is 1150. The van der Waals surface area contributed by atoms with Crippen LogP contribution in [0.5, 0.6) is 0 Å². The van der Waals surface area contributed by atoms with Crippen molar-refractivity contribution in [2.24, 2.45) is 11.0 Å². The fourth-order valence-electron chi connectivity index (χ4n) is 4.38. The van der Waals surface area contributed by atoms with Crippen molar-refractivity contribution in [2.75, 3.05) is 23.8 Å². The Balaban J connectivity index is 1.41. The molecule has 1 saturated heterocycles. The number of amides is 1. The smallest absolute Gasteiger partial charge is 0.253 e. The van der Waals surface area contributed by atoms with Crippen molar-refractivity contribution in [3.05, 3.63) is 82.7 Å². The van der Waals surface area contributed by atoms with Crippen molar-refractivity contribution in [3.8, 4) is 0 Å². The molecule has 5 rings (SSSR count). The summed E-state index contributed by atoms with van der Waals surface area (Å²) in [5.74, 6) is -0.115. The van der Waals surface area contributed by atoms with E-state index in [1.165, 1.54) is 0 Å². The number of carbonyl (C=O) groups excluding carboxylic acids is 1. The van der Waals surface area contributed by atoms with Crippen LogP contribution in [-0.4, -0.2) is 41.9 Å². The number of ether oxygens (including phenoxy) is 1. The molecule has 0 bridgehead atoms. The van der Waals surface area contributed by atoms with Crippen molar-refractivity contribution < 1.29 is 13.9 Å². The van der Waals surface area contributed by atoms with E-state index < -0.39 is 12.3 Å². The Morgan fingerprint density at radius 2 is 1.88 bits per heavy atom. The molecule has 8 heteroatoms. The third kappa shape index (κ3) is 4.41. The number of hydrogen-bond donors (Lipinski definition) is 1. The number of furan rings is 1. The largest absolute Gasteiger partial charge is 0.472 e. The minimum absolute atomic E-state index is 0.00378. The van der Waals surface area contributed by atoms with Gasteiger partial charge in [0.05, 0.1) is 36.4 Å². The van der Waals surface area contributed by atoms with E-state index in [0.29, 0.717) is 13.1 Å². The summed E-state index contributed by atoms with van der Waals surface area (Å²) in [6.07, 6.45) is 3.15. The summed E-state index contributed by atoms with van der Waals surface area (Å²) in [7, 11) is 0. The maximum atomic E-state index is 13.0. The first-order chi connectivity index (χ1) is 16.0. The third-order valence-electron chi connectivity index (χ3n) is 6.14. The highest BCUT2D eigenvalue weighted by atomic mass is 79.9. The molecule has 1 amide bonds. The highest BCUT2D eigenvalue weighted by molar-refractivity contribution is 9.10. The highest BCUT2D eigenvalue weighted by Crippen LogP contribution is 2.34. The summed E-state index contributed by atoms with van der Waals surface area (Å²) in [4.78, 5) is 14.9. The SMILES string of the molecule is C[C@H]1O[C@H](C2CN(c3ccc(Br)cc3)N=C2c2ccoc2)N(CCc2ccc(N)cc2)C1=O. The molecule has 0 spiro atoms. The number of anilines is 2. The Morgan fingerprint density at radius 3 is 2.58 bits per heavy atom. The molecule has 7 nitrogen and oxygen atoms in total. The Morgan fingerprint density at radius 1 is 1.12 bits per heavy atom. The molecular weight excluding hydrogens is 484 g/mol. The molecule has 1 fully saturated rings. The second-order valence-corrected chi connectivity index (χ2v) is 9.27. The van der Waals surface area contributed by atoms with Crippen molar-refractivity contribution >= 4 is 38.9 Å². The van der Waals surface area contributed by atoms with Gasteiger partial charge in [0.15, 0.2) is 0 Å². The highest BCUT2D eigenvalue weighted by Gasteiger charge is 2.46. The van der Waals surface area contributed by atoms with Gasteiger partial charge < -0.3 is 19.8 Å². The van der Waals surface area contributed by atoms with Crippen LogP contribution in [0.15, 0.2) is 81.1 Å². The first kappa shape index (κ1) is 21.7. The topological polar surface area (TPSA) is 84.3 Å². The van der Waals surface area contributed by atoms with Gasteiger partial charge in [-0.2, -0.15) is 5.10 Å². The van der Waals surface area contributed by atoms with E-state index in [1.54, 1.807) is 12.5 Å². The molecule has 1 unspecified atom stereocenters. The van der Waals surface area contributed by atoms with Gasteiger partial charge in [-0.05, 0) is 61.4 Å². The number of carbonyl (C=O) groups is 1. The van der Waals surface area contributed by atoms with Crippen LogP contribution >= 0.6 is 15.9 Å². The fraction of sp³-hybridized carbons (Fsp3) is 0.280. The van der Waals surface area contributed by atoms with Crippen LogP contribution in [0.3, 0.4) is 0 Å². The lowest BCUT2D eigenvalue weighted by Crippen LogP contribution is -2.44. The van der Waals surface area contributed by atoms with Crippen LogP contribution in [0.1, 0.15) is 18.1 Å². The molecule has 0 radical (unpaired) electrons. The van der Waals surface area contributed by atoms with Gasteiger partial charge in [-0.25, -0.2) is 0 Å². The Hall–Kier alpha value is -3.10. The monoisotopic (exact) mass is 508 g/mol. The van der Waals surface area contributed by atoms with Gasteiger partial charge in [-0.15, -0.1) is 0 Å². The normalized spacial score (nSPS) is 22.8. The van der Waals surface area contributed by atoms with Crippen LogP contribution in [0, 0.1) is 5.92 Å². The van der Waals surface area contributed by atoms with Crippen LogP contribution < -0.4 is 10.7 Å². The van der Waals surface area contributed by atoms with E-state index >= 15 is 0 Å². The molecule has 0 aliphatic carbocycles. The molecule has 170 valence electrons. The van der Waals surface area contributed by atoms with Crippen molar-refractivity contribution in [2.45, 2.75) is 25.7 Å². The minimum Gasteiger partial charge on any atom is -0.472 e. The number of hydrogen-bond acceptors (Lipinski definition) is 6. The molecule has 1 aromatic heterocycles. The zero-order valence-electron chi connectivity index (χ0n) is 18.2. The zero-order valence-corrected chi connectivity index (χ0v) is 19.8. The van der Waals surface area contributed by atoms with E-state index in [9.17, 15) is 4.79 Å². The maximum Gasteiger partial charge on any atom is 0.253 e. The first-order valence-electron chi connectivity index (χ1n) is 10.9. The first-order valence-corrected chi connectivity index (χ1v) is 11.7. The molecule has 33 heavy (non-hydrogen) atoms. The van der Waals surface area contributed by atoms with Gasteiger partial charge in [-0.3, -0.25) is 9.80 Å². The molecule has 0 saturated carbocycles. The van der Waals surface area contributed by atoms with Gasteiger partial charge in [0.25, 0.3) is 5.91 Å². The molecular formula is C25H25BrN4O3. The number of benzene rings is 2. The number of rotatable bonds is 6. The average molecular weight is 509 g/mol. The van der Waals surface area contributed by atoms with E-state index in [2.05, 4.69) is 15.9 Å². The van der Waals surface area contributed by atoms with Gasteiger partial charge in [0.2, 0.25) is 0 Å².